The van der Waals surface area contributed by atoms with Crippen LogP contribution in [0.15, 0.2) is 24.8 Å². The highest BCUT2D eigenvalue weighted by Gasteiger charge is 2.26. The van der Waals surface area contributed by atoms with Gasteiger partial charge in [0.1, 0.15) is 0 Å². The number of aromatic nitrogens is 2. The highest BCUT2D eigenvalue weighted by molar-refractivity contribution is 6.47. The molecule has 4 rings (SSSR count). The third-order valence-corrected chi connectivity index (χ3v) is 7.74. The smallest absolute Gasteiger partial charge is 0.222 e. The summed E-state index contributed by atoms with van der Waals surface area (Å²) >= 11 is 28.9. The fourth-order valence-electron chi connectivity index (χ4n) is 3.96. The molecule has 0 unspecified atom stereocenters. The van der Waals surface area contributed by atoms with Crippen molar-refractivity contribution in [1.82, 2.24) is 25.9 Å². The largest absolute Gasteiger partial charge is 0.369 e. The summed E-state index contributed by atoms with van der Waals surface area (Å²) < 4.78 is 0. The van der Waals surface area contributed by atoms with Crippen molar-refractivity contribution in [2.75, 3.05) is 45.2 Å². The van der Waals surface area contributed by atoms with E-state index in [0.29, 0.717) is 25.1 Å². The Bertz CT molecular complexity index is 990. The van der Waals surface area contributed by atoms with Crippen molar-refractivity contribution in [3.05, 3.63) is 49.9 Å². The van der Waals surface area contributed by atoms with Gasteiger partial charge >= 0.3 is 0 Å². The van der Waals surface area contributed by atoms with Crippen LogP contribution in [0.25, 0.3) is 0 Å². The van der Waals surface area contributed by atoms with Gasteiger partial charge in [-0.25, -0.2) is 0 Å². The molecule has 4 heterocycles. The summed E-state index contributed by atoms with van der Waals surface area (Å²) in [5.41, 5.74) is 0.823. The molecule has 0 spiro atoms. The van der Waals surface area contributed by atoms with Crippen LogP contribution in [0, 0.1) is 11.8 Å². The van der Waals surface area contributed by atoms with Crippen LogP contribution in [0.3, 0.4) is 0 Å². The molecule has 2 aromatic rings. The van der Waals surface area contributed by atoms with Crippen LogP contribution >= 0.6 is 58.0 Å². The first-order valence-corrected chi connectivity index (χ1v) is 13.7. The van der Waals surface area contributed by atoms with Crippen molar-refractivity contribution < 1.29 is 9.59 Å². The molecule has 2 aromatic heterocycles. The van der Waals surface area contributed by atoms with E-state index in [0.717, 1.165) is 57.5 Å². The molecular formula is C24H31Cl5N6O2. The van der Waals surface area contributed by atoms with Gasteiger partial charge in [-0.3, -0.25) is 19.6 Å². The highest BCUT2D eigenvalue weighted by atomic mass is 35.5. The molecule has 0 saturated carbocycles. The molecule has 204 valence electrons. The summed E-state index contributed by atoms with van der Waals surface area (Å²) in [4.78, 5) is 32.3. The Hall–Kier alpha value is -1.55. The molecule has 3 N–H and O–H groups in total. The van der Waals surface area contributed by atoms with Crippen molar-refractivity contribution in [3.63, 3.8) is 0 Å². The van der Waals surface area contributed by atoms with Crippen LogP contribution in [0.4, 0.5) is 5.69 Å². The molecule has 2 saturated heterocycles. The summed E-state index contributed by atoms with van der Waals surface area (Å²) in [5, 5.41) is 10.8. The van der Waals surface area contributed by atoms with Crippen LogP contribution in [0.1, 0.15) is 25.7 Å². The SMILES string of the molecule is CNC(=O)C1CCN(c2c(Cl)cncc2Cl)CC1.CNC(=O)C1CCNCC1.Clc1cncc(Cl)c1Cl. The Balaban J connectivity index is 0.000000214. The van der Waals surface area contributed by atoms with E-state index >= 15 is 0 Å². The zero-order valence-corrected chi connectivity index (χ0v) is 24.4. The van der Waals surface area contributed by atoms with E-state index in [-0.39, 0.29) is 23.7 Å². The summed E-state index contributed by atoms with van der Waals surface area (Å²) in [6.45, 7) is 3.53. The van der Waals surface area contributed by atoms with Crippen LogP contribution in [0.2, 0.25) is 25.1 Å². The van der Waals surface area contributed by atoms with E-state index in [1.807, 2.05) is 0 Å². The van der Waals surface area contributed by atoms with E-state index in [1.54, 1.807) is 26.5 Å². The summed E-state index contributed by atoms with van der Waals surface area (Å²) in [6, 6.07) is 0. The highest BCUT2D eigenvalue weighted by Crippen LogP contribution is 2.35. The molecule has 2 aliphatic heterocycles. The van der Waals surface area contributed by atoms with Gasteiger partial charge in [0.2, 0.25) is 11.8 Å². The Kier molecular flexibility index (Phi) is 14.1. The summed E-state index contributed by atoms with van der Waals surface area (Å²) in [6.07, 6.45) is 9.66. The number of carbonyl (C=O) groups excluding carboxylic acids is 2. The van der Waals surface area contributed by atoms with Crippen molar-refractivity contribution in [2.24, 2.45) is 11.8 Å². The maximum atomic E-state index is 11.6. The van der Waals surface area contributed by atoms with E-state index in [9.17, 15) is 9.59 Å². The fraction of sp³-hybridized carbons (Fsp3) is 0.500. The number of amides is 2. The van der Waals surface area contributed by atoms with Gasteiger partial charge in [-0.2, -0.15) is 0 Å². The average molecular weight is 613 g/mol. The van der Waals surface area contributed by atoms with E-state index < -0.39 is 0 Å². The first kappa shape index (κ1) is 31.7. The molecule has 0 bridgehead atoms. The molecule has 0 aromatic carbocycles. The van der Waals surface area contributed by atoms with Gasteiger partial charge in [0, 0.05) is 63.8 Å². The fourth-order valence-corrected chi connectivity index (χ4v) is 5.03. The molecule has 2 amide bonds. The van der Waals surface area contributed by atoms with Gasteiger partial charge in [0.15, 0.2) is 0 Å². The first-order valence-electron chi connectivity index (χ1n) is 11.8. The van der Waals surface area contributed by atoms with Crippen molar-refractivity contribution >= 4 is 75.5 Å². The minimum Gasteiger partial charge on any atom is -0.369 e. The van der Waals surface area contributed by atoms with Gasteiger partial charge in [-0.05, 0) is 38.8 Å². The lowest BCUT2D eigenvalue weighted by atomic mass is 9.95. The number of piperidine rings is 2. The molecule has 37 heavy (non-hydrogen) atoms. The van der Waals surface area contributed by atoms with Gasteiger partial charge < -0.3 is 20.9 Å². The van der Waals surface area contributed by atoms with Crippen molar-refractivity contribution in [2.45, 2.75) is 25.7 Å². The van der Waals surface area contributed by atoms with Gasteiger partial charge in [0.25, 0.3) is 0 Å². The lowest BCUT2D eigenvalue weighted by molar-refractivity contribution is -0.125. The predicted molar refractivity (Wildman–Crippen MR) is 152 cm³/mol. The van der Waals surface area contributed by atoms with Gasteiger partial charge in [0.05, 0.1) is 30.8 Å². The molecule has 13 heteroatoms. The topological polar surface area (TPSA) is 99.3 Å². The van der Waals surface area contributed by atoms with E-state index in [2.05, 4.69) is 30.8 Å². The van der Waals surface area contributed by atoms with Gasteiger partial charge in [-0.1, -0.05) is 58.0 Å². The minimum atomic E-state index is 0.0886. The molecule has 2 fully saturated rings. The minimum absolute atomic E-state index is 0.0886. The number of rotatable bonds is 3. The quantitative estimate of drug-likeness (QED) is 0.445. The Labute approximate surface area is 242 Å². The first-order chi connectivity index (χ1) is 17.7. The van der Waals surface area contributed by atoms with Crippen LogP contribution in [-0.4, -0.2) is 62.1 Å². The standard InChI is InChI=1S/C12H15Cl2N3O.C7H14N2O.C5H2Cl3N/c1-15-12(18)8-2-4-17(5-3-8)11-9(13)6-16-7-10(11)14;1-8-7(10)6-2-4-9-5-3-6;6-3-1-9-2-4(7)5(3)8/h6-8H,2-5H2,1H3,(H,15,18);6,9H,2-5H2,1H3,(H,8,10);1-2H. The second-order valence-electron chi connectivity index (χ2n) is 8.38. The number of nitrogens with one attached hydrogen (secondary N) is 3. The number of nitrogens with zero attached hydrogens (tertiary/aromatic N) is 3. The van der Waals surface area contributed by atoms with E-state index in [1.165, 1.54) is 12.4 Å². The van der Waals surface area contributed by atoms with Crippen LogP contribution in [0.5, 0.6) is 0 Å². The monoisotopic (exact) mass is 610 g/mol. The zero-order valence-electron chi connectivity index (χ0n) is 20.7. The molecular weight excluding hydrogens is 582 g/mol. The number of hydrogen-bond donors (Lipinski definition) is 3. The maximum absolute atomic E-state index is 11.6. The number of carbonyl (C=O) groups is 2. The molecule has 0 aliphatic carbocycles. The molecule has 2 aliphatic rings. The van der Waals surface area contributed by atoms with Crippen LogP contribution < -0.4 is 20.9 Å². The van der Waals surface area contributed by atoms with Gasteiger partial charge in [-0.15, -0.1) is 0 Å². The number of hydrogen-bond acceptors (Lipinski definition) is 6. The molecule has 0 atom stereocenters. The molecule has 8 nitrogen and oxygen atoms in total. The number of pyridine rings is 2. The lowest BCUT2D eigenvalue weighted by Crippen LogP contribution is -2.39. The third-order valence-electron chi connectivity index (χ3n) is 6.01. The summed E-state index contributed by atoms with van der Waals surface area (Å²) in [7, 11) is 3.37. The molecule has 0 radical (unpaired) electrons. The second kappa shape index (κ2) is 16.4. The van der Waals surface area contributed by atoms with Crippen molar-refractivity contribution in [3.8, 4) is 0 Å². The van der Waals surface area contributed by atoms with Crippen LogP contribution in [-0.2, 0) is 9.59 Å². The third kappa shape index (κ3) is 9.93. The van der Waals surface area contributed by atoms with E-state index in [4.69, 9.17) is 58.0 Å². The number of anilines is 1. The lowest BCUT2D eigenvalue weighted by Gasteiger charge is -2.33. The Morgan fingerprint density at radius 3 is 1.57 bits per heavy atom. The normalized spacial score (nSPS) is 16.0. The second-order valence-corrected chi connectivity index (χ2v) is 10.4. The number of halogens is 5. The average Bonchev–Trinajstić information content (AvgIpc) is 2.92. The Morgan fingerprint density at radius 2 is 1.16 bits per heavy atom. The van der Waals surface area contributed by atoms with Crippen molar-refractivity contribution in [1.29, 1.82) is 0 Å². The predicted octanol–water partition coefficient (Wildman–Crippen LogP) is 5.12. The zero-order chi connectivity index (χ0) is 27.4. The Morgan fingerprint density at radius 1 is 0.757 bits per heavy atom. The maximum Gasteiger partial charge on any atom is 0.222 e. The summed E-state index contributed by atoms with van der Waals surface area (Å²) in [5.74, 6) is 0.653.